The molecule has 2 fully saturated rings. The number of hydrogen-bond acceptors (Lipinski definition) is 5. The van der Waals surface area contributed by atoms with Crippen molar-refractivity contribution >= 4 is 5.91 Å². The monoisotopic (exact) mass is 347 g/mol. The Balaban J connectivity index is 1.39. The van der Waals surface area contributed by atoms with Crippen LogP contribution in [0.2, 0.25) is 0 Å². The van der Waals surface area contributed by atoms with Crippen LogP contribution in [-0.2, 0) is 22.5 Å². The standard InChI is InChI=1S/C18H29N5O2/c1-14(24)22-9-6-16-18(19-20-23(16)12-15-4-5-15)17(22)13-25-11-10-21-7-2-3-8-21/h15,17H,2-13H2,1H3. The van der Waals surface area contributed by atoms with Crippen molar-refractivity contribution in [2.45, 2.75) is 51.6 Å². The van der Waals surface area contributed by atoms with E-state index in [1.165, 1.54) is 44.5 Å². The molecule has 3 heterocycles. The van der Waals surface area contributed by atoms with E-state index in [1.807, 2.05) is 4.90 Å². The lowest BCUT2D eigenvalue weighted by Gasteiger charge is -2.34. The van der Waals surface area contributed by atoms with Crippen LogP contribution in [0.3, 0.4) is 0 Å². The van der Waals surface area contributed by atoms with Crippen LogP contribution in [0.5, 0.6) is 0 Å². The highest BCUT2D eigenvalue weighted by Crippen LogP contribution is 2.33. The lowest BCUT2D eigenvalue weighted by Crippen LogP contribution is -2.41. The first-order valence-electron chi connectivity index (χ1n) is 9.72. The van der Waals surface area contributed by atoms with Gasteiger partial charge in [0.2, 0.25) is 5.91 Å². The lowest BCUT2D eigenvalue weighted by molar-refractivity contribution is -0.133. The summed E-state index contributed by atoms with van der Waals surface area (Å²) >= 11 is 0. The van der Waals surface area contributed by atoms with E-state index in [0.29, 0.717) is 13.2 Å². The van der Waals surface area contributed by atoms with Gasteiger partial charge in [-0.3, -0.25) is 4.79 Å². The summed E-state index contributed by atoms with van der Waals surface area (Å²) in [4.78, 5) is 16.4. The van der Waals surface area contributed by atoms with Crippen molar-refractivity contribution in [2.75, 3.05) is 39.4 Å². The Kier molecular flexibility index (Phi) is 5.03. The number of carbonyl (C=O) groups is 1. The van der Waals surface area contributed by atoms with E-state index >= 15 is 0 Å². The molecule has 0 bridgehead atoms. The Labute approximate surface area is 149 Å². The van der Waals surface area contributed by atoms with Crippen molar-refractivity contribution in [3.05, 3.63) is 11.4 Å². The van der Waals surface area contributed by atoms with Crippen molar-refractivity contribution in [3.63, 3.8) is 0 Å². The van der Waals surface area contributed by atoms with Crippen LogP contribution in [0.15, 0.2) is 0 Å². The molecule has 1 unspecified atom stereocenters. The minimum atomic E-state index is -0.0900. The molecule has 1 aliphatic carbocycles. The van der Waals surface area contributed by atoms with Crippen LogP contribution in [0, 0.1) is 5.92 Å². The van der Waals surface area contributed by atoms with Gasteiger partial charge in [-0.15, -0.1) is 5.10 Å². The molecule has 7 heteroatoms. The predicted octanol–water partition coefficient (Wildman–Crippen LogP) is 1.25. The molecule has 1 saturated carbocycles. The third kappa shape index (κ3) is 3.87. The fourth-order valence-electron chi connectivity index (χ4n) is 4.02. The summed E-state index contributed by atoms with van der Waals surface area (Å²) in [7, 11) is 0. The van der Waals surface area contributed by atoms with Crippen LogP contribution in [0.4, 0.5) is 0 Å². The largest absolute Gasteiger partial charge is 0.378 e. The van der Waals surface area contributed by atoms with Gasteiger partial charge in [-0.2, -0.15) is 0 Å². The Morgan fingerprint density at radius 1 is 1.24 bits per heavy atom. The van der Waals surface area contributed by atoms with Crippen molar-refractivity contribution < 1.29 is 9.53 Å². The number of aromatic nitrogens is 3. The normalized spacial score (nSPS) is 23.9. The number of nitrogens with zero attached hydrogens (tertiary/aromatic N) is 5. The topological polar surface area (TPSA) is 63.5 Å². The molecule has 1 aromatic heterocycles. The second-order valence-electron chi connectivity index (χ2n) is 7.65. The maximum absolute atomic E-state index is 12.1. The maximum atomic E-state index is 12.1. The minimum absolute atomic E-state index is 0.0900. The van der Waals surface area contributed by atoms with Crippen LogP contribution < -0.4 is 0 Å². The number of amides is 1. The van der Waals surface area contributed by atoms with E-state index in [-0.39, 0.29) is 11.9 Å². The maximum Gasteiger partial charge on any atom is 0.220 e. The summed E-state index contributed by atoms with van der Waals surface area (Å²) in [6, 6.07) is -0.0900. The van der Waals surface area contributed by atoms with Crippen LogP contribution in [0.1, 0.15) is 50.0 Å². The predicted molar refractivity (Wildman–Crippen MR) is 93.1 cm³/mol. The van der Waals surface area contributed by atoms with Gasteiger partial charge in [0.25, 0.3) is 0 Å². The van der Waals surface area contributed by atoms with Gasteiger partial charge in [0.1, 0.15) is 11.7 Å². The zero-order valence-corrected chi connectivity index (χ0v) is 15.2. The molecule has 1 aromatic rings. The first-order valence-corrected chi connectivity index (χ1v) is 9.72. The van der Waals surface area contributed by atoms with E-state index in [4.69, 9.17) is 4.74 Å². The summed E-state index contributed by atoms with van der Waals surface area (Å²) in [6.07, 6.45) is 6.05. The molecule has 4 rings (SSSR count). The quantitative estimate of drug-likeness (QED) is 0.695. The highest BCUT2D eigenvalue weighted by atomic mass is 16.5. The number of hydrogen-bond donors (Lipinski definition) is 0. The van der Waals surface area contributed by atoms with Gasteiger partial charge >= 0.3 is 0 Å². The molecular weight excluding hydrogens is 318 g/mol. The van der Waals surface area contributed by atoms with Crippen LogP contribution in [0.25, 0.3) is 0 Å². The zero-order valence-electron chi connectivity index (χ0n) is 15.2. The van der Waals surface area contributed by atoms with Crippen molar-refractivity contribution in [3.8, 4) is 0 Å². The molecule has 0 aromatic carbocycles. The van der Waals surface area contributed by atoms with Crippen LogP contribution in [-0.4, -0.2) is 70.1 Å². The Bertz CT molecular complexity index is 607. The number of ether oxygens (including phenoxy) is 1. The van der Waals surface area contributed by atoms with E-state index in [2.05, 4.69) is 19.9 Å². The summed E-state index contributed by atoms with van der Waals surface area (Å²) in [5.74, 6) is 0.863. The van der Waals surface area contributed by atoms with Gasteiger partial charge in [0, 0.05) is 33.0 Å². The lowest BCUT2D eigenvalue weighted by atomic mass is 10.0. The molecule has 0 spiro atoms. The van der Waals surface area contributed by atoms with Gasteiger partial charge in [-0.25, -0.2) is 4.68 Å². The SMILES string of the molecule is CC(=O)N1CCc2c(nnn2CC2CC2)C1COCCN1CCCC1. The number of likely N-dealkylation sites (tertiary alicyclic amines) is 1. The van der Waals surface area contributed by atoms with Gasteiger partial charge in [-0.05, 0) is 44.7 Å². The van der Waals surface area contributed by atoms with E-state index in [0.717, 1.165) is 37.7 Å². The Morgan fingerprint density at radius 2 is 2.04 bits per heavy atom. The van der Waals surface area contributed by atoms with Gasteiger partial charge < -0.3 is 14.5 Å². The zero-order chi connectivity index (χ0) is 17.2. The van der Waals surface area contributed by atoms with E-state index < -0.39 is 0 Å². The molecule has 3 aliphatic rings. The second-order valence-corrected chi connectivity index (χ2v) is 7.65. The molecule has 138 valence electrons. The molecule has 1 saturated heterocycles. The first-order chi connectivity index (χ1) is 12.2. The molecule has 0 N–H and O–H groups in total. The third-order valence-corrected chi connectivity index (χ3v) is 5.71. The summed E-state index contributed by atoms with van der Waals surface area (Å²) in [5.41, 5.74) is 2.15. The van der Waals surface area contributed by atoms with Gasteiger partial charge in [0.05, 0.1) is 18.9 Å². The molecule has 1 atom stereocenters. The summed E-state index contributed by atoms with van der Waals surface area (Å²) in [5, 5.41) is 8.81. The number of fused-ring (bicyclic) bond motifs is 1. The summed E-state index contributed by atoms with van der Waals surface area (Å²) < 4.78 is 8.03. The second kappa shape index (κ2) is 7.41. The van der Waals surface area contributed by atoms with Crippen molar-refractivity contribution in [1.29, 1.82) is 0 Å². The molecule has 7 nitrogen and oxygen atoms in total. The smallest absolute Gasteiger partial charge is 0.220 e. The summed E-state index contributed by atoms with van der Waals surface area (Å²) in [6.45, 7) is 7.94. The van der Waals surface area contributed by atoms with Crippen LogP contribution >= 0.6 is 0 Å². The van der Waals surface area contributed by atoms with Gasteiger partial charge in [-0.1, -0.05) is 5.21 Å². The fourth-order valence-corrected chi connectivity index (χ4v) is 4.02. The third-order valence-electron chi connectivity index (χ3n) is 5.71. The fraction of sp³-hybridized carbons (Fsp3) is 0.833. The minimum Gasteiger partial charge on any atom is -0.378 e. The molecule has 1 amide bonds. The van der Waals surface area contributed by atoms with Gasteiger partial charge in [0.15, 0.2) is 0 Å². The van der Waals surface area contributed by atoms with E-state index in [9.17, 15) is 4.79 Å². The molecule has 2 aliphatic heterocycles. The first kappa shape index (κ1) is 17.0. The Morgan fingerprint density at radius 3 is 2.76 bits per heavy atom. The number of carbonyl (C=O) groups excluding carboxylic acids is 1. The average molecular weight is 347 g/mol. The molecule has 25 heavy (non-hydrogen) atoms. The van der Waals surface area contributed by atoms with E-state index in [1.54, 1.807) is 6.92 Å². The Hall–Kier alpha value is -1.47. The molecule has 0 radical (unpaired) electrons. The highest BCUT2D eigenvalue weighted by Gasteiger charge is 2.35. The number of rotatable bonds is 7. The van der Waals surface area contributed by atoms with Crippen molar-refractivity contribution in [1.82, 2.24) is 24.8 Å². The molecular formula is C18H29N5O2. The van der Waals surface area contributed by atoms with Crippen molar-refractivity contribution in [2.24, 2.45) is 5.92 Å². The highest BCUT2D eigenvalue weighted by molar-refractivity contribution is 5.74. The average Bonchev–Trinajstić information content (AvgIpc) is 3.09.